The van der Waals surface area contributed by atoms with Crippen molar-refractivity contribution >= 4 is 0 Å². The van der Waals surface area contributed by atoms with Crippen molar-refractivity contribution in [3.8, 4) is 0 Å². The van der Waals surface area contributed by atoms with Gasteiger partial charge < -0.3 is 5.73 Å². The molecule has 1 heterocycles. The van der Waals surface area contributed by atoms with E-state index in [1.165, 1.54) is 0 Å². The first kappa shape index (κ1) is 11.1. The molecule has 0 saturated carbocycles. The van der Waals surface area contributed by atoms with Gasteiger partial charge in [0.15, 0.2) is 0 Å². The molecule has 0 radical (unpaired) electrons. The summed E-state index contributed by atoms with van der Waals surface area (Å²) in [5, 5.41) is 0. The van der Waals surface area contributed by atoms with Gasteiger partial charge in [-0.25, -0.2) is 9.97 Å². The molecule has 1 aromatic rings. The predicted octanol–water partition coefficient (Wildman–Crippen LogP) is 1.93. The second kappa shape index (κ2) is 4.05. The quantitative estimate of drug-likeness (QED) is 0.798. The van der Waals surface area contributed by atoms with Gasteiger partial charge in [0.1, 0.15) is 5.82 Å². The first-order valence-corrected chi connectivity index (χ1v) is 5.13. The average Bonchev–Trinajstić information content (AvgIpc) is 2.16. The molecule has 0 aliphatic heterocycles. The highest BCUT2D eigenvalue weighted by molar-refractivity contribution is 5.17. The van der Waals surface area contributed by atoms with Crippen molar-refractivity contribution in [3.63, 3.8) is 0 Å². The number of aryl methyl sites for hydroxylation is 2. The molecule has 1 unspecified atom stereocenters. The highest BCUT2D eigenvalue weighted by Crippen LogP contribution is 2.19. The zero-order chi connectivity index (χ0) is 10.8. The number of nitrogens with zero attached hydrogens (tertiary/aromatic N) is 2. The van der Waals surface area contributed by atoms with Crippen molar-refractivity contribution in [2.24, 2.45) is 5.73 Å². The lowest BCUT2D eigenvalue weighted by atomic mass is 9.95. The molecule has 3 heteroatoms. The highest BCUT2D eigenvalue weighted by atomic mass is 14.9. The lowest BCUT2D eigenvalue weighted by Gasteiger charge is -2.22. The van der Waals surface area contributed by atoms with Gasteiger partial charge in [-0.05, 0) is 26.3 Å². The molecular formula is C11H19N3. The monoisotopic (exact) mass is 193 g/mol. The summed E-state index contributed by atoms with van der Waals surface area (Å²) in [4.78, 5) is 8.79. The van der Waals surface area contributed by atoms with Crippen LogP contribution in [0.5, 0.6) is 0 Å². The zero-order valence-electron chi connectivity index (χ0n) is 9.46. The SMILES string of the molecule is CCc1nc(C)cc(C(C)(N)CC)n1. The Balaban J connectivity index is 3.15. The van der Waals surface area contributed by atoms with Crippen LogP contribution in [0.4, 0.5) is 0 Å². The Hall–Kier alpha value is -0.960. The summed E-state index contributed by atoms with van der Waals surface area (Å²) in [5.41, 5.74) is 7.75. The van der Waals surface area contributed by atoms with Crippen LogP contribution in [0.2, 0.25) is 0 Å². The van der Waals surface area contributed by atoms with E-state index in [1.807, 2.05) is 19.9 Å². The molecule has 1 rings (SSSR count). The summed E-state index contributed by atoms with van der Waals surface area (Å²) < 4.78 is 0. The van der Waals surface area contributed by atoms with E-state index < -0.39 is 0 Å². The van der Waals surface area contributed by atoms with E-state index in [0.29, 0.717) is 0 Å². The van der Waals surface area contributed by atoms with Crippen molar-refractivity contribution < 1.29 is 0 Å². The summed E-state index contributed by atoms with van der Waals surface area (Å²) in [5.74, 6) is 0.880. The molecule has 14 heavy (non-hydrogen) atoms. The largest absolute Gasteiger partial charge is 0.320 e. The van der Waals surface area contributed by atoms with Crippen molar-refractivity contribution in [3.05, 3.63) is 23.3 Å². The van der Waals surface area contributed by atoms with E-state index in [0.717, 1.165) is 30.1 Å². The minimum Gasteiger partial charge on any atom is -0.320 e. The maximum absolute atomic E-state index is 6.14. The van der Waals surface area contributed by atoms with Crippen LogP contribution in [-0.4, -0.2) is 9.97 Å². The Bertz CT molecular complexity index is 318. The molecule has 1 atom stereocenters. The smallest absolute Gasteiger partial charge is 0.128 e. The van der Waals surface area contributed by atoms with E-state index in [9.17, 15) is 0 Å². The topological polar surface area (TPSA) is 51.8 Å². The fourth-order valence-electron chi connectivity index (χ4n) is 1.26. The Kier molecular flexibility index (Phi) is 3.21. The Morgan fingerprint density at radius 1 is 1.36 bits per heavy atom. The van der Waals surface area contributed by atoms with Gasteiger partial charge in [0.05, 0.1) is 11.2 Å². The standard InChI is InChI=1S/C11H19N3/c1-5-10-13-8(3)7-9(14-10)11(4,12)6-2/h7H,5-6,12H2,1-4H3. The van der Waals surface area contributed by atoms with E-state index >= 15 is 0 Å². The van der Waals surface area contributed by atoms with Gasteiger partial charge >= 0.3 is 0 Å². The van der Waals surface area contributed by atoms with Crippen LogP contribution in [-0.2, 0) is 12.0 Å². The second-order valence-corrected chi connectivity index (χ2v) is 3.94. The summed E-state index contributed by atoms with van der Waals surface area (Å²) in [6.45, 7) is 8.12. The molecule has 2 N–H and O–H groups in total. The van der Waals surface area contributed by atoms with Gasteiger partial charge in [-0.3, -0.25) is 0 Å². The maximum Gasteiger partial charge on any atom is 0.128 e. The van der Waals surface area contributed by atoms with Gasteiger partial charge in [-0.15, -0.1) is 0 Å². The molecule has 0 aromatic carbocycles. The van der Waals surface area contributed by atoms with E-state index in [1.54, 1.807) is 0 Å². The maximum atomic E-state index is 6.14. The summed E-state index contributed by atoms with van der Waals surface area (Å²) in [7, 11) is 0. The first-order chi connectivity index (χ1) is 6.49. The van der Waals surface area contributed by atoms with Crippen molar-refractivity contribution in [2.45, 2.75) is 46.1 Å². The number of aromatic nitrogens is 2. The lowest BCUT2D eigenvalue weighted by molar-refractivity contribution is 0.458. The molecule has 1 aromatic heterocycles. The van der Waals surface area contributed by atoms with Crippen molar-refractivity contribution in [1.29, 1.82) is 0 Å². The van der Waals surface area contributed by atoms with E-state index in [-0.39, 0.29) is 5.54 Å². The van der Waals surface area contributed by atoms with Crippen LogP contribution in [0.15, 0.2) is 6.07 Å². The van der Waals surface area contributed by atoms with Crippen LogP contribution in [0, 0.1) is 6.92 Å². The molecule has 78 valence electrons. The normalized spacial score (nSPS) is 15.2. The number of nitrogens with two attached hydrogens (primary N) is 1. The van der Waals surface area contributed by atoms with Crippen LogP contribution < -0.4 is 5.73 Å². The summed E-state index contributed by atoms with van der Waals surface area (Å²) in [6, 6.07) is 1.97. The van der Waals surface area contributed by atoms with Crippen LogP contribution in [0.3, 0.4) is 0 Å². The third-order valence-corrected chi connectivity index (χ3v) is 2.54. The lowest BCUT2D eigenvalue weighted by Crippen LogP contribution is -2.33. The van der Waals surface area contributed by atoms with Crippen molar-refractivity contribution in [2.75, 3.05) is 0 Å². The summed E-state index contributed by atoms with van der Waals surface area (Å²) >= 11 is 0. The van der Waals surface area contributed by atoms with Crippen LogP contribution in [0.1, 0.15) is 44.4 Å². The highest BCUT2D eigenvalue weighted by Gasteiger charge is 2.21. The molecule has 0 saturated heterocycles. The molecule has 0 aliphatic rings. The van der Waals surface area contributed by atoms with Crippen molar-refractivity contribution in [1.82, 2.24) is 9.97 Å². The fourth-order valence-corrected chi connectivity index (χ4v) is 1.26. The van der Waals surface area contributed by atoms with Gasteiger partial charge in [-0.2, -0.15) is 0 Å². The third-order valence-electron chi connectivity index (χ3n) is 2.54. The molecule has 0 bridgehead atoms. The minimum atomic E-state index is -0.336. The second-order valence-electron chi connectivity index (χ2n) is 3.94. The molecule has 0 aliphatic carbocycles. The Morgan fingerprint density at radius 2 is 2.00 bits per heavy atom. The minimum absolute atomic E-state index is 0.336. The zero-order valence-corrected chi connectivity index (χ0v) is 9.46. The average molecular weight is 193 g/mol. The molecular weight excluding hydrogens is 174 g/mol. The fraction of sp³-hybridized carbons (Fsp3) is 0.636. The Morgan fingerprint density at radius 3 is 2.50 bits per heavy atom. The van der Waals surface area contributed by atoms with Gasteiger partial charge in [-0.1, -0.05) is 13.8 Å². The molecule has 0 amide bonds. The summed E-state index contributed by atoms with van der Waals surface area (Å²) in [6.07, 6.45) is 1.74. The van der Waals surface area contributed by atoms with Crippen LogP contribution >= 0.6 is 0 Å². The van der Waals surface area contributed by atoms with Crippen LogP contribution in [0.25, 0.3) is 0 Å². The van der Waals surface area contributed by atoms with Gasteiger partial charge in [0.25, 0.3) is 0 Å². The number of rotatable bonds is 3. The molecule has 0 spiro atoms. The third kappa shape index (κ3) is 2.29. The van der Waals surface area contributed by atoms with E-state index in [2.05, 4.69) is 23.8 Å². The Labute approximate surface area is 85.8 Å². The number of hydrogen-bond donors (Lipinski definition) is 1. The predicted molar refractivity (Wildman–Crippen MR) is 58.0 cm³/mol. The number of hydrogen-bond acceptors (Lipinski definition) is 3. The van der Waals surface area contributed by atoms with E-state index in [4.69, 9.17) is 5.73 Å². The molecule has 0 fully saturated rings. The molecule has 3 nitrogen and oxygen atoms in total. The van der Waals surface area contributed by atoms with Gasteiger partial charge in [0.2, 0.25) is 0 Å². The first-order valence-electron chi connectivity index (χ1n) is 5.13. The van der Waals surface area contributed by atoms with Gasteiger partial charge in [0, 0.05) is 12.1 Å².